The maximum absolute atomic E-state index is 10.1. The van der Waals surface area contributed by atoms with Crippen LogP contribution in [0.2, 0.25) is 0 Å². The van der Waals surface area contributed by atoms with E-state index in [1.165, 1.54) is 0 Å². The summed E-state index contributed by atoms with van der Waals surface area (Å²) in [4.78, 5) is 4.09. The zero-order valence-electron chi connectivity index (χ0n) is 20.4. The van der Waals surface area contributed by atoms with Gasteiger partial charge in [-0.2, -0.15) is 0 Å². The summed E-state index contributed by atoms with van der Waals surface area (Å²) in [5.41, 5.74) is 0. The lowest BCUT2D eigenvalue weighted by Crippen LogP contribution is -2.53. The highest BCUT2D eigenvalue weighted by Gasteiger charge is 2.23. The third-order valence-electron chi connectivity index (χ3n) is 6.07. The van der Waals surface area contributed by atoms with Crippen LogP contribution in [-0.2, 0) is 0 Å². The third kappa shape index (κ3) is 13.6. The molecule has 1 heterocycles. The molecule has 12 heteroatoms. The molecule has 1 aliphatic heterocycles. The number of aliphatic hydroxyl groups excluding tert-OH is 8. The predicted octanol–water partition coefficient (Wildman–Crippen LogP) is -3.90. The highest BCUT2D eigenvalue weighted by molar-refractivity contribution is 4.74. The van der Waals surface area contributed by atoms with Gasteiger partial charge < -0.3 is 40.9 Å². The lowest BCUT2D eigenvalue weighted by Gasteiger charge is -2.39. The summed E-state index contributed by atoms with van der Waals surface area (Å²) in [6.07, 6.45) is 0.0315. The Bertz CT molecular complexity index is 496. The Morgan fingerprint density at radius 3 is 1.24 bits per heavy atom. The molecule has 0 radical (unpaired) electrons. The van der Waals surface area contributed by atoms with E-state index in [0.717, 1.165) is 32.2 Å². The van der Waals surface area contributed by atoms with E-state index in [4.69, 9.17) is 0 Å². The van der Waals surface area contributed by atoms with E-state index in [9.17, 15) is 40.9 Å². The Labute approximate surface area is 203 Å². The number of β-amino-alcohol motifs (C(OH)–C–C–N with tert-alkyl or cyclic N) is 4. The first kappa shape index (κ1) is 31.5. The van der Waals surface area contributed by atoms with Crippen molar-refractivity contribution < 1.29 is 40.9 Å². The molecule has 1 rings (SSSR count). The molecule has 0 aromatic heterocycles. The van der Waals surface area contributed by atoms with E-state index in [0.29, 0.717) is 39.3 Å². The van der Waals surface area contributed by atoms with Gasteiger partial charge in [-0.25, -0.2) is 10.0 Å². The Kier molecular flexibility index (Phi) is 17.4. The van der Waals surface area contributed by atoms with Crippen molar-refractivity contribution in [1.82, 2.24) is 19.8 Å². The van der Waals surface area contributed by atoms with Gasteiger partial charge in [0.05, 0.1) is 50.8 Å². The molecule has 0 bridgehead atoms. The molecule has 1 aliphatic rings. The minimum atomic E-state index is -0.973. The number of hydrogen-bond acceptors (Lipinski definition) is 12. The van der Waals surface area contributed by atoms with Crippen LogP contribution in [0, 0.1) is 0 Å². The van der Waals surface area contributed by atoms with Crippen molar-refractivity contribution in [3.63, 3.8) is 0 Å². The van der Waals surface area contributed by atoms with E-state index < -0.39 is 31.0 Å². The first-order valence-corrected chi connectivity index (χ1v) is 12.4. The van der Waals surface area contributed by atoms with E-state index in [1.807, 2.05) is 14.9 Å². The number of hydrogen-bond donors (Lipinski definition) is 8. The molecule has 4 unspecified atom stereocenters. The van der Waals surface area contributed by atoms with E-state index in [1.54, 1.807) is 0 Å². The molecule has 1 fully saturated rings. The van der Waals surface area contributed by atoms with Gasteiger partial charge >= 0.3 is 0 Å². The average Bonchev–Trinajstić information content (AvgIpc) is 2.84. The van der Waals surface area contributed by atoms with Crippen LogP contribution in [0.4, 0.5) is 0 Å². The molecule has 4 atom stereocenters. The lowest BCUT2D eigenvalue weighted by molar-refractivity contribution is -0.0916. The molecule has 0 saturated carbocycles. The topological polar surface area (TPSA) is 175 Å². The van der Waals surface area contributed by atoms with Gasteiger partial charge in [0, 0.05) is 58.9 Å². The number of nitrogens with zero attached hydrogens (tertiary/aromatic N) is 4. The first-order valence-electron chi connectivity index (χ1n) is 12.4. The summed E-state index contributed by atoms with van der Waals surface area (Å²) in [5, 5.41) is 81.2. The van der Waals surface area contributed by atoms with Crippen LogP contribution >= 0.6 is 0 Å². The SMILES string of the molecule is OCC(O)CN1CCCCCCN(CC(O)CO)N(CC(O)CO)CCN(CC(O)CO)CC1. The van der Waals surface area contributed by atoms with Crippen LogP contribution < -0.4 is 0 Å². The van der Waals surface area contributed by atoms with Gasteiger partial charge in [0.15, 0.2) is 0 Å². The quantitative estimate of drug-likeness (QED) is 0.132. The minimum absolute atomic E-state index is 0.153. The lowest BCUT2D eigenvalue weighted by atomic mass is 10.1. The second-order valence-corrected chi connectivity index (χ2v) is 9.19. The Morgan fingerprint density at radius 2 is 0.765 bits per heavy atom. The van der Waals surface area contributed by atoms with Gasteiger partial charge in [-0.1, -0.05) is 12.8 Å². The van der Waals surface area contributed by atoms with E-state index >= 15 is 0 Å². The fourth-order valence-corrected chi connectivity index (χ4v) is 4.12. The van der Waals surface area contributed by atoms with Crippen molar-refractivity contribution in [2.24, 2.45) is 0 Å². The van der Waals surface area contributed by atoms with Crippen molar-refractivity contribution in [3.05, 3.63) is 0 Å². The van der Waals surface area contributed by atoms with Crippen molar-refractivity contribution in [2.45, 2.75) is 50.1 Å². The number of hydrazine groups is 1. The maximum Gasteiger partial charge on any atom is 0.0911 e. The molecule has 1 saturated heterocycles. The number of aliphatic hydroxyl groups is 8. The van der Waals surface area contributed by atoms with E-state index in [-0.39, 0.29) is 39.5 Å². The van der Waals surface area contributed by atoms with Gasteiger partial charge in [-0.15, -0.1) is 0 Å². The number of rotatable bonds is 12. The van der Waals surface area contributed by atoms with Crippen LogP contribution in [0.3, 0.4) is 0 Å². The monoisotopic (exact) mass is 496 g/mol. The van der Waals surface area contributed by atoms with Crippen LogP contribution in [0.25, 0.3) is 0 Å². The molecule has 0 spiro atoms. The molecule has 204 valence electrons. The summed E-state index contributed by atoms with van der Waals surface area (Å²) in [6.45, 7) is 2.97. The first-order chi connectivity index (χ1) is 16.3. The van der Waals surface area contributed by atoms with Crippen LogP contribution in [0.5, 0.6) is 0 Å². The maximum atomic E-state index is 10.1. The second kappa shape index (κ2) is 18.7. The van der Waals surface area contributed by atoms with Crippen LogP contribution in [0.15, 0.2) is 0 Å². The highest BCUT2D eigenvalue weighted by atomic mass is 16.3. The molecular formula is C22H48N4O8. The zero-order chi connectivity index (χ0) is 25.3. The predicted molar refractivity (Wildman–Crippen MR) is 127 cm³/mol. The Hall–Kier alpha value is -0.480. The molecule has 8 N–H and O–H groups in total. The average molecular weight is 497 g/mol. The van der Waals surface area contributed by atoms with Crippen molar-refractivity contribution in [2.75, 3.05) is 91.9 Å². The van der Waals surface area contributed by atoms with Crippen molar-refractivity contribution >= 4 is 0 Å². The van der Waals surface area contributed by atoms with Gasteiger partial charge in [0.1, 0.15) is 0 Å². The van der Waals surface area contributed by atoms with E-state index in [2.05, 4.69) is 4.90 Å². The molecule has 0 aliphatic carbocycles. The fourth-order valence-electron chi connectivity index (χ4n) is 4.12. The minimum Gasteiger partial charge on any atom is -0.394 e. The van der Waals surface area contributed by atoms with Gasteiger partial charge in [0.25, 0.3) is 0 Å². The summed E-state index contributed by atoms with van der Waals surface area (Å²) < 4.78 is 0. The van der Waals surface area contributed by atoms with Gasteiger partial charge in [-0.05, 0) is 19.4 Å². The summed E-state index contributed by atoms with van der Waals surface area (Å²) >= 11 is 0. The van der Waals surface area contributed by atoms with Crippen LogP contribution in [0.1, 0.15) is 25.7 Å². The highest BCUT2D eigenvalue weighted by Crippen LogP contribution is 2.10. The normalized spacial score (nSPS) is 23.3. The molecule has 0 aromatic carbocycles. The molecular weight excluding hydrogens is 448 g/mol. The smallest absolute Gasteiger partial charge is 0.0911 e. The van der Waals surface area contributed by atoms with Crippen molar-refractivity contribution in [3.8, 4) is 0 Å². The van der Waals surface area contributed by atoms with Crippen LogP contribution in [-0.4, -0.2) is 177 Å². The molecule has 0 aromatic rings. The molecule has 12 nitrogen and oxygen atoms in total. The zero-order valence-corrected chi connectivity index (χ0v) is 20.4. The molecule has 0 amide bonds. The summed E-state index contributed by atoms with van der Waals surface area (Å²) in [5.74, 6) is 0. The van der Waals surface area contributed by atoms with Gasteiger partial charge in [0.2, 0.25) is 0 Å². The van der Waals surface area contributed by atoms with Crippen molar-refractivity contribution in [1.29, 1.82) is 0 Å². The summed E-state index contributed by atoms with van der Waals surface area (Å²) in [7, 11) is 0. The second-order valence-electron chi connectivity index (χ2n) is 9.19. The molecule has 34 heavy (non-hydrogen) atoms. The fraction of sp³-hybridized carbons (Fsp3) is 1.00. The standard InChI is InChI=1S/C22H48N4O8/c27-15-19(31)11-23-5-3-1-2-4-6-25(13-21(33)17-29)26(14-22(34)18-30)10-9-24(8-7-23)12-20(32)16-28/h19-22,27-34H,1-18H2. The Balaban J connectivity index is 3.01. The van der Waals surface area contributed by atoms with Gasteiger partial charge in [-0.3, -0.25) is 9.80 Å². The Morgan fingerprint density at radius 1 is 0.412 bits per heavy atom. The third-order valence-corrected chi connectivity index (χ3v) is 6.07. The summed E-state index contributed by atoms with van der Waals surface area (Å²) in [6, 6.07) is 0. The largest absolute Gasteiger partial charge is 0.394 e.